The lowest BCUT2D eigenvalue weighted by Crippen LogP contribution is -2.38. The summed E-state index contributed by atoms with van der Waals surface area (Å²) in [5, 5.41) is 10.5. The average Bonchev–Trinajstić information content (AvgIpc) is 2.65. The van der Waals surface area contributed by atoms with Crippen LogP contribution >= 0.6 is 11.3 Å². The number of aromatic nitrogens is 2. The molecule has 0 bridgehead atoms. The maximum Gasteiger partial charge on any atom is 0.322 e. The highest BCUT2D eigenvalue weighted by Gasteiger charge is 2.15. The highest BCUT2D eigenvalue weighted by atomic mass is 32.1. The first-order chi connectivity index (χ1) is 8.00. The van der Waals surface area contributed by atoms with Crippen LogP contribution < -0.4 is 11.3 Å². The zero-order valence-electron chi connectivity index (χ0n) is 9.08. The molecule has 3 N–H and O–H groups in total. The Morgan fingerprint density at radius 1 is 1.71 bits per heavy atom. The van der Waals surface area contributed by atoms with E-state index in [1.165, 1.54) is 22.2 Å². The van der Waals surface area contributed by atoms with E-state index in [1.54, 1.807) is 0 Å². The van der Waals surface area contributed by atoms with Crippen LogP contribution in [0.5, 0.6) is 0 Å². The van der Waals surface area contributed by atoms with Crippen molar-refractivity contribution in [3.8, 4) is 0 Å². The number of rotatable bonds is 3. The molecule has 2 aromatic rings. The van der Waals surface area contributed by atoms with E-state index in [4.69, 9.17) is 10.8 Å². The van der Waals surface area contributed by atoms with Gasteiger partial charge in [-0.05, 0) is 17.9 Å². The maximum atomic E-state index is 12.0. The molecule has 0 aliphatic carbocycles. The number of fused-ring (bicyclic) bond motifs is 1. The van der Waals surface area contributed by atoms with Crippen LogP contribution in [-0.2, 0) is 11.3 Å². The van der Waals surface area contributed by atoms with E-state index in [-0.39, 0.29) is 12.1 Å². The average molecular weight is 253 g/mol. The van der Waals surface area contributed by atoms with Gasteiger partial charge in [0.25, 0.3) is 5.56 Å². The Hall–Kier alpha value is -1.73. The Kier molecular flexibility index (Phi) is 2.95. The number of nitrogens with two attached hydrogens (primary N) is 1. The van der Waals surface area contributed by atoms with Crippen molar-refractivity contribution in [2.75, 3.05) is 0 Å². The SMILES string of the molecule is Cc1csc2c(=O)n(CC(N)C(=O)O)cnc12. The molecule has 0 aromatic carbocycles. The molecule has 1 unspecified atom stereocenters. The van der Waals surface area contributed by atoms with Gasteiger partial charge in [-0.25, -0.2) is 4.98 Å². The summed E-state index contributed by atoms with van der Waals surface area (Å²) in [5.74, 6) is -1.14. The van der Waals surface area contributed by atoms with Crippen molar-refractivity contribution in [3.63, 3.8) is 0 Å². The molecule has 0 saturated heterocycles. The molecular formula is C10H11N3O3S. The quantitative estimate of drug-likeness (QED) is 0.813. The first-order valence-corrected chi connectivity index (χ1v) is 5.80. The molecular weight excluding hydrogens is 242 g/mol. The van der Waals surface area contributed by atoms with Gasteiger partial charge in [-0.3, -0.25) is 14.2 Å². The molecule has 0 fully saturated rings. The molecule has 90 valence electrons. The van der Waals surface area contributed by atoms with Crippen LogP contribution in [0.25, 0.3) is 10.2 Å². The Bertz CT molecular complexity index is 631. The van der Waals surface area contributed by atoms with E-state index in [1.807, 2.05) is 12.3 Å². The summed E-state index contributed by atoms with van der Waals surface area (Å²) in [6, 6.07) is -1.10. The smallest absolute Gasteiger partial charge is 0.322 e. The molecule has 0 spiro atoms. The molecule has 2 aromatic heterocycles. The summed E-state index contributed by atoms with van der Waals surface area (Å²) in [4.78, 5) is 26.7. The highest BCUT2D eigenvalue weighted by molar-refractivity contribution is 7.17. The van der Waals surface area contributed by atoms with Gasteiger partial charge in [0.05, 0.1) is 18.4 Å². The van der Waals surface area contributed by atoms with Crippen molar-refractivity contribution >= 4 is 27.5 Å². The van der Waals surface area contributed by atoms with Crippen LogP contribution in [0.3, 0.4) is 0 Å². The molecule has 2 rings (SSSR count). The fraction of sp³-hybridized carbons (Fsp3) is 0.300. The standard InChI is InChI=1S/C10H11N3O3S/c1-5-3-17-8-7(5)12-4-13(9(8)14)2-6(11)10(15)16/h3-4,6H,2,11H2,1H3,(H,15,16). The highest BCUT2D eigenvalue weighted by Crippen LogP contribution is 2.19. The van der Waals surface area contributed by atoms with Crippen molar-refractivity contribution in [1.82, 2.24) is 9.55 Å². The zero-order chi connectivity index (χ0) is 12.6. The maximum absolute atomic E-state index is 12.0. The van der Waals surface area contributed by atoms with E-state index in [0.29, 0.717) is 10.2 Å². The molecule has 7 heteroatoms. The number of aryl methyl sites for hydroxylation is 1. The summed E-state index contributed by atoms with van der Waals surface area (Å²) in [7, 11) is 0. The number of thiophene rings is 1. The van der Waals surface area contributed by atoms with Crippen LogP contribution in [0.2, 0.25) is 0 Å². The molecule has 0 radical (unpaired) electrons. The number of hydrogen-bond acceptors (Lipinski definition) is 5. The van der Waals surface area contributed by atoms with Crippen molar-refractivity contribution in [1.29, 1.82) is 0 Å². The van der Waals surface area contributed by atoms with E-state index >= 15 is 0 Å². The van der Waals surface area contributed by atoms with E-state index < -0.39 is 12.0 Å². The van der Waals surface area contributed by atoms with Crippen LogP contribution in [0, 0.1) is 6.92 Å². The second kappa shape index (κ2) is 4.27. The van der Waals surface area contributed by atoms with Crippen molar-refractivity contribution < 1.29 is 9.90 Å². The monoisotopic (exact) mass is 253 g/mol. The lowest BCUT2D eigenvalue weighted by atomic mass is 10.3. The number of nitrogens with zero attached hydrogens (tertiary/aromatic N) is 2. The Balaban J connectivity index is 2.46. The molecule has 17 heavy (non-hydrogen) atoms. The minimum Gasteiger partial charge on any atom is -0.480 e. The minimum atomic E-state index is -1.14. The number of carboxylic acids is 1. The van der Waals surface area contributed by atoms with Gasteiger partial charge in [0, 0.05) is 0 Å². The first-order valence-electron chi connectivity index (χ1n) is 4.92. The van der Waals surface area contributed by atoms with Gasteiger partial charge in [-0.1, -0.05) is 0 Å². The second-order valence-corrected chi connectivity index (χ2v) is 4.62. The van der Waals surface area contributed by atoms with Crippen LogP contribution in [0.1, 0.15) is 5.56 Å². The van der Waals surface area contributed by atoms with Gasteiger partial charge in [-0.2, -0.15) is 0 Å². The van der Waals surface area contributed by atoms with Gasteiger partial charge in [-0.15, -0.1) is 11.3 Å². The molecule has 0 saturated carbocycles. The first kappa shape index (κ1) is 11.7. The summed E-state index contributed by atoms with van der Waals surface area (Å²) in [6.07, 6.45) is 1.34. The Labute approximate surface area is 100 Å². The van der Waals surface area contributed by atoms with Crippen LogP contribution in [0.4, 0.5) is 0 Å². The van der Waals surface area contributed by atoms with Crippen molar-refractivity contribution in [2.45, 2.75) is 19.5 Å². The van der Waals surface area contributed by atoms with Gasteiger partial charge in [0.1, 0.15) is 10.7 Å². The van der Waals surface area contributed by atoms with Crippen LogP contribution in [0.15, 0.2) is 16.5 Å². The number of hydrogen-bond donors (Lipinski definition) is 2. The largest absolute Gasteiger partial charge is 0.480 e. The van der Waals surface area contributed by atoms with Gasteiger partial charge >= 0.3 is 5.97 Å². The number of carbonyl (C=O) groups is 1. The Morgan fingerprint density at radius 2 is 2.41 bits per heavy atom. The van der Waals surface area contributed by atoms with Gasteiger partial charge < -0.3 is 10.8 Å². The molecule has 1 atom stereocenters. The summed E-state index contributed by atoms with van der Waals surface area (Å²) in [6.45, 7) is 1.80. The third-order valence-corrected chi connectivity index (χ3v) is 3.51. The van der Waals surface area contributed by atoms with E-state index in [0.717, 1.165) is 5.56 Å². The Morgan fingerprint density at radius 3 is 3.06 bits per heavy atom. The van der Waals surface area contributed by atoms with Crippen molar-refractivity contribution in [3.05, 3.63) is 27.6 Å². The van der Waals surface area contributed by atoms with Gasteiger partial charge in [0.2, 0.25) is 0 Å². The van der Waals surface area contributed by atoms with E-state index in [2.05, 4.69) is 4.98 Å². The number of carboxylic acid groups (broad SMARTS) is 1. The van der Waals surface area contributed by atoms with Crippen LogP contribution in [-0.4, -0.2) is 26.7 Å². The third kappa shape index (κ3) is 2.06. The molecule has 0 aliphatic rings. The second-order valence-electron chi connectivity index (χ2n) is 3.74. The lowest BCUT2D eigenvalue weighted by molar-refractivity contribution is -0.138. The van der Waals surface area contributed by atoms with Gasteiger partial charge in [0.15, 0.2) is 0 Å². The topological polar surface area (TPSA) is 98.2 Å². The molecule has 2 heterocycles. The summed E-state index contributed by atoms with van der Waals surface area (Å²) < 4.78 is 1.76. The fourth-order valence-electron chi connectivity index (χ4n) is 1.48. The predicted octanol–water partition coefficient (Wildman–Crippen LogP) is 0.178. The lowest BCUT2D eigenvalue weighted by Gasteiger charge is -2.08. The molecule has 0 amide bonds. The fourth-order valence-corrected chi connectivity index (χ4v) is 2.43. The zero-order valence-corrected chi connectivity index (χ0v) is 9.90. The van der Waals surface area contributed by atoms with Crippen molar-refractivity contribution in [2.24, 2.45) is 5.73 Å². The third-order valence-electron chi connectivity index (χ3n) is 2.43. The predicted molar refractivity (Wildman–Crippen MR) is 64.2 cm³/mol. The normalized spacial score (nSPS) is 12.8. The molecule has 0 aliphatic heterocycles. The summed E-state index contributed by atoms with van der Waals surface area (Å²) >= 11 is 1.31. The number of aliphatic carboxylic acids is 1. The molecule has 6 nitrogen and oxygen atoms in total. The summed E-state index contributed by atoms with van der Waals surface area (Å²) in [5.41, 5.74) is 6.75. The minimum absolute atomic E-state index is 0.0753. The van der Waals surface area contributed by atoms with E-state index in [9.17, 15) is 9.59 Å².